The van der Waals surface area contributed by atoms with Gasteiger partial charge in [0.05, 0.1) is 12.0 Å². The van der Waals surface area contributed by atoms with Crippen molar-refractivity contribution >= 4 is 34.8 Å². The topological polar surface area (TPSA) is 48.4 Å². The SMILES string of the molecule is COc1cc(/C=C/C(=O)c2cccs2)ccc1OCc1ccc(Cl)nc1. The average molecular weight is 386 g/mol. The number of carbonyl (C=O) groups excluding carboxylic acids is 1. The summed E-state index contributed by atoms with van der Waals surface area (Å²) in [6.45, 7) is 0.354. The number of ketones is 1. The molecule has 4 nitrogen and oxygen atoms in total. The molecule has 0 amide bonds. The minimum Gasteiger partial charge on any atom is -0.493 e. The third kappa shape index (κ3) is 4.71. The number of ether oxygens (including phenoxy) is 2. The van der Waals surface area contributed by atoms with Crippen molar-refractivity contribution in [2.45, 2.75) is 6.61 Å². The summed E-state index contributed by atoms with van der Waals surface area (Å²) in [5.41, 5.74) is 1.76. The smallest absolute Gasteiger partial charge is 0.195 e. The molecule has 0 aliphatic heterocycles. The Balaban J connectivity index is 1.69. The number of carbonyl (C=O) groups is 1. The number of thiophene rings is 1. The van der Waals surface area contributed by atoms with E-state index in [1.807, 2.05) is 35.7 Å². The number of hydrogen-bond acceptors (Lipinski definition) is 5. The highest BCUT2D eigenvalue weighted by atomic mass is 35.5. The van der Waals surface area contributed by atoms with Gasteiger partial charge in [-0.2, -0.15) is 0 Å². The molecule has 0 bridgehead atoms. The molecule has 0 N–H and O–H groups in total. The van der Waals surface area contributed by atoms with E-state index in [0.717, 1.165) is 11.1 Å². The second-order valence-electron chi connectivity index (χ2n) is 5.36. The fourth-order valence-electron chi connectivity index (χ4n) is 2.23. The van der Waals surface area contributed by atoms with Gasteiger partial charge in [0.1, 0.15) is 11.8 Å². The van der Waals surface area contributed by atoms with Gasteiger partial charge in [-0.25, -0.2) is 4.98 Å². The first-order chi connectivity index (χ1) is 12.7. The van der Waals surface area contributed by atoms with E-state index in [4.69, 9.17) is 21.1 Å². The van der Waals surface area contributed by atoms with E-state index < -0.39 is 0 Å². The maximum Gasteiger partial charge on any atom is 0.195 e. The fraction of sp³-hybridized carbons (Fsp3) is 0.100. The van der Waals surface area contributed by atoms with Gasteiger partial charge in [-0.1, -0.05) is 35.9 Å². The second kappa shape index (κ2) is 8.65. The Kier molecular flexibility index (Phi) is 6.04. The molecule has 0 spiro atoms. The molecule has 2 aromatic heterocycles. The van der Waals surface area contributed by atoms with Gasteiger partial charge in [0.25, 0.3) is 0 Å². The van der Waals surface area contributed by atoms with Crippen LogP contribution in [0.2, 0.25) is 5.15 Å². The van der Waals surface area contributed by atoms with Gasteiger partial charge < -0.3 is 9.47 Å². The second-order valence-corrected chi connectivity index (χ2v) is 6.70. The Morgan fingerprint density at radius 3 is 2.81 bits per heavy atom. The zero-order valence-corrected chi connectivity index (χ0v) is 15.6. The molecule has 3 rings (SSSR count). The van der Waals surface area contributed by atoms with Crippen molar-refractivity contribution in [1.82, 2.24) is 4.98 Å². The number of nitrogens with zero attached hydrogens (tertiary/aromatic N) is 1. The number of hydrogen-bond donors (Lipinski definition) is 0. The van der Waals surface area contributed by atoms with Crippen molar-refractivity contribution in [3.8, 4) is 11.5 Å². The molecule has 3 aromatic rings. The normalized spacial score (nSPS) is 10.8. The standard InChI is InChI=1S/C20H16ClNO3S/c1-24-18-11-14(4-7-16(23)19-3-2-10-26-19)5-8-17(18)25-13-15-6-9-20(21)22-12-15/h2-12H,13H2,1H3/b7-4+. The Labute approximate surface area is 160 Å². The monoisotopic (exact) mass is 385 g/mol. The minimum absolute atomic E-state index is 0.0190. The average Bonchev–Trinajstić information content (AvgIpc) is 3.21. The van der Waals surface area contributed by atoms with Crippen molar-refractivity contribution < 1.29 is 14.3 Å². The molecule has 0 saturated carbocycles. The summed E-state index contributed by atoms with van der Waals surface area (Å²) in [4.78, 5) is 16.8. The molecule has 1 aromatic carbocycles. The number of benzene rings is 1. The third-order valence-corrected chi connectivity index (χ3v) is 4.67. The molecular weight excluding hydrogens is 370 g/mol. The fourth-order valence-corrected chi connectivity index (χ4v) is 2.99. The van der Waals surface area contributed by atoms with E-state index in [9.17, 15) is 4.79 Å². The maximum absolute atomic E-state index is 12.0. The number of methoxy groups -OCH3 is 1. The highest BCUT2D eigenvalue weighted by molar-refractivity contribution is 7.12. The summed E-state index contributed by atoms with van der Waals surface area (Å²) in [6.07, 6.45) is 4.99. The van der Waals surface area contributed by atoms with Crippen LogP contribution in [0.25, 0.3) is 6.08 Å². The summed E-state index contributed by atoms with van der Waals surface area (Å²) >= 11 is 7.20. The van der Waals surface area contributed by atoms with E-state index in [1.54, 1.807) is 37.6 Å². The molecule has 0 aliphatic carbocycles. The van der Waals surface area contributed by atoms with Gasteiger partial charge in [0.2, 0.25) is 0 Å². The number of pyridine rings is 1. The summed E-state index contributed by atoms with van der Waals surface area (Å²) in [5.74, 6) is 1.19. The first-order valence-electron chi connectivity index (χ1n) is 7.83. The van der Waals surface area contributed by atoms with Gasteiger partial charge in [-0.05, 0) is 41.3 Å². The zero-order valence-electron chi connectivity index (χ0n) is 14.0. The predicted molar refractivity (Wildman–Crippen MR) is 104 cm³/mol. The van der Waals surface area contributed by atoms with Crippen molar-refractivity contribution in [3.05, 3.63) is 81.3 Å². The third-order valence-electron chi connectivity index (χ3n) is 3.56. The van der Waals surface area contributed by atoms with E-state index >= 15 is 0 Å². The lowest BCUT2D eigenvalue weighted by atomic mass is 10.1. The molecule has 0 atom stereocenters. The van der Waals surface area contributed by atoms with E-state index in [0.29, 0.717) is 28.1 Å². The first kappa shape index (κ1) is 18.2. The number of halogens is 1. The van der Waals surface area contributed by atoms with Crippen LogP contribution in [-0.4, -0.2) is 17.9 Å². The van der Waals surface area contributed by atoms with E-state index in [-0.39, 0.29) is 5.78 Å². The lowest BCUT2D eigenvalue weighted by molar-refractivity contribution is 0.105. The van der Waals surface area contributed by atoms with Crippen LogP contribution in [0, 0.1) is 0 Å². The first-order valence-corrected chi connectivity index (χ1v) is 9.08. The molecule has 6 heteroatoms. The molecule has 0 unspecified atom stereocenters. The van der Waals surface area contributed by atoms with Crippen LogP contribution in [0.1, 0.15) is 20.8 Å². The Morgan fingerprint density at radius 1 is 1.23 bits per heavy atom. The van der Waals surface area contributed by atoms with E-state index in [1.165, 1.54) is 11.3 Å². The van der Waals surface area contributed by atoms with Crippen molar-refractivity contribution in [2.75, 3.05) is 7.11 Å². The summed E-state index contributed by atoms with van der Waals surface area (Å²) in [6, 6.07) is 12.8. The molecule has 0 radical (unpaired) electrons. The molecule has 132 valence electrons. The molecule has 0 aliphatic rings. The zero-order chi connectivity index (χ0) is 18.4. The number of allylic oxidation sites excluding steroid dienone is 1. The largest absolute Gasteiger partial charge is 0.493 e. The lowest BCUT2D eigenvalue weighted by Gasteiger charge is -2.11. The van der Waals surface area contributed by atoms with Gasteiger partial charge in [-0.3, -0.25) is 4.79 Å². The Morgan fingerprint density at radius 2 is 2.12 bits per heavy atom. The maximum atomic E-state index is 12.0. The van der Waals surface area contributed by atoms with Gasteiger partial charge in [0, 0.05) is 11.8 Å². The predicted octanol–water partition coefficient (Wildman–Crippen LogP) is 5.28. The van der Waals surface area contributed by atoms with Crippen LogP contribution in [0.5, 0.6) is 11.5 Å². The van der Waals surface area contributed by atoms with Crippen LogP contribution in [-0.2, 0) is 6.61 Å². The van der Waals surface area contributed by atoms with Gasteiger partial charge in [0.15, 0.2) is 17.3 Å². The van der Waals surface area contributed by atoms with Crippen LogP contribution >= 0.6 is 22.9 Å². The van der Waals surface area contributed by atoms with E-state index in [2.05, 4.69) is 4.98 Å². The van der Waals surface area contributed by atoms with Crippen LogP contribution in [0.4, 0.5) is 0 Å². The van der Waals surface area contributed by atoms with Crippen molar-refractivity contribution in [3.63, 3.8) is 0 Å². The highest BCUT2D eigenvalue weighted by Crippen LogP contribution is 2.29. The number of rotatable bonds is 7. The minimum atomic E-state index is -0.0190. The molecule has 0 fully saturated rings. The van der Waals surface area contributed by atoms with Crippen LogP contribution in [0.3, 0.4) is 0 Å². The summed E-state index contributed by atoms with van der Waals surface area (Å²) < 4.78 is 11.2. The molecule has 0 saturated heterocycles. The molecule has 26 heavy (non-hydrogen) atoms. The van der Waals surface area contributed by atoms with Crippen LogP contribution < -0.4 is 9.47 Å². The van der Waals surface area contributed by atoms with Crippen molar-refractivity contribution in [2.24, 2.45) is 0 Å². The number of aromatic nitrogens is 1. The lowest BCUT2D eigenvalue weighted by Crippen LogP contribution is -1.98. The van der Waals surface area contributed by atoms with Crippen LogP contribution in [0.15, 0.2) is 60.1 Å². The van der Waals surface area contributed by atoms with Gasteiger partial charge >= 0.3 is 0 Å². The quantitative estimate of drug-likeness (QED) is 0.315. The highest BCUT2D eigenvalue weighted by Gasteiger charge is 2.07. The van der Waals surface area contributed by atoms with Crippen molar-refractivity contribution in [1.29, 1.82) is 0 Å². The Hall–Kier alpha value is -2.63. The summed E-state index contributed by atoms with van der Waals surface area (Å²) in [5, 5.41) is 2.33. The Bertz CT molecular complexity index is 905. The summed E-state index contributed by atoms with van der Waals surface area (Å²) in [7, 11) is 1.58. The molecule has 2 heterocycles. The van der Waals surface area contributed by atoms with Gasteiger partial charge in [-0.15, -0.1) is 11.3 Å². The molecular formula is C20H16ClNO3S.